The fraction of sp³-hybridized carbons (Fsp3) is 0.409. The Morgan fingerprint density at radius 2 is 1.93 bits per heavy atom. The summed E-state index contributed by atoms with van der Waals surface area (Å²) < 4.78 is 8.34. The second-order valence-corrected chi connectivity index (χ2v) is 9.30. The average molecular weight is 489 g/mol. The number of carbonyl (C=O) groups is 1. The molecule has 1 aromatic carbocycles. The predicted molar refractivity (Wildman–Crippen MR) is 121 cm³/mol. The van der Waals surface area contributed by atoms with Crippen molar-refractivity contribution in [2.75, 3.05) is 12.3 Å². The number of benzene rings is 1. The lowest BCUT2D eigenvalue weighted by Crippen LogP contribution is -2.31. The van der Waals surface area contributed by atoms with Crippen LogP contribution in [0.15, 0.2) is 56.7 Å². The molecule has 6 nitrogen and oxygen atoms in total. The third-order valence-corrected chi connectivity index (χ3v) is 6.73. The van der Waals surface area contributed by atoms with Crippen LogP contribution >= 0.6 is 27.7 Å². The van der Waals surface area contributed by atoms with Crippen LogP contribution in [0.1, 0.15) is 37.7 Å². The molecule has 1 aliphatic rings. The maximum Gasteiger partial charge on any atom is 0.230 e. The maximum absolute atomic E-state index is 12.4. The molecule has 0 aliphatic heterocycles. The number of hydrogen-bond acceptors (Lipinski definition) is 5. The van der Waals surface area contributed by atoms with E-state index in [-0.39, 0.29) is 5.91 Å². The van der Waals surface area contributed by atoms with E-state index in [0.717, 1.165) is 12.1 Å². The SMILES string of the molecule is O=C(CSc1nnc(-c2ccc(Br)o2)n1Cc1ccccc1)NCC1CCCCC1. The summed E-state index contributed by atoms with van der Waals surface area (Å²) in [4.78, 5) is 12.4. The normalized spacial score (nSPS) is 14.7. The van der Waals surface area contributed by atoms with E-state index in [4.69, 9.17) is 4.42 Å². The Bertz CT molecular complexity index is 967. The van der Waals surface area contributed by atoms with E-state index in [1.54, 1.807) is 0 Å². The minimum Gasteiger partial charge on any atom is -0.446 e. The van der Waals surface area contributed by atoms with Gasteiger partial charge in [0, 0.05) is 6.54 Å². The number of amides is 1. The molecule has 1 N–H and O–H groups in total. The van der Waals surface area contributed by atoms with Crippen LogP contribution < -0.4 is 5.32 Å². The number of aromatic nitrogens is 3. The van der Waals surface area contributed by atoms with Gasteiger partial charge in [-0.15, -0.1) is 10.2 Å². The quantitative estimate of drug-likeness (QED) is 0.444. The van der Waals surface area contributed by atoms with E-state index >= 15 is 0 Å². The molecule has 4 rings (SSSR count). The molecule has 158 valence electrons. The van der Waals surface area contributed by atoms with Crippen molar-refractivity contribution < 1.29 is 9.21 Å². The van der Waals surface area contributed by atoms with E-state index in [0.29, 0.717) is 39.6 Å². The third-order valence-electron chi connectivity index (χ3n) is 5.34. The highest BCUT2D eigenvalue weighted by atomic mass is 79.9. The molecule has 0 unspecified atom stereocenters. The Morgan fingerprint density at radius 1 is 1.13 bits per heavy atom. The Morgan fingerprint density at radius 3 is 2.67 bits per heavy atom. The van der Waals surface area contributed by atoms with Gasteiger partial charge in [0.15, 0.2) is 15.6 Å². The maximum atomic E-state index is 12.4. The van der Waals surface area contributed by atoms with Gasteiger partial charge in [0.1, 0.15) is 0 Å². The molecule has 2 aromatic heterocycles. The Kier molecular flexibility index (Phi) is 7.28. The minimum absolute atomic E-state index is 0.0436. The summed E-state index contributed by atoms with van der Waals surface area (Å²) in [5.41, 5.74) is 1.13. The number of halogens is 1. The third kappa shape index (κ3) is 5.55. The molecule has 0 radical (unpaired) electrons. The van der Waals surface area contributed by atoms with E-state index in [2.05, 4.69) is 43.6 Å². The first-order valence-corrected chi connectivity index (χ1v) is 12.1. The molecule has 1 amide bonds. The van der Waals surface area contributed by atoms with Gasteiger partial charge < -0.3 is 9.73 Å². The minimum atomic E-state index is 0.0436. The number of carbonyl (C=O) groups excluding carboxylic acids is 1. The van der Waals surface area contributed by atoms with Gasteiger partial charge in [-0.25, -0.2) is 0 Å². The smallest absolute Gasteiger partial charge is 0.230 e. The molecule has 1 saturated carbocycles. The highest BCUT2D eigenvalue weighted by Crippen LogP contribution is 2.28. The lowest BCUT2D eigenvalue weighted by Gasteiger charge is -2.21. The van der Waals surface area contributed by atoms with Gasteiger partial charge in [-0.2, -0.15) is 0 Å². The van der Waals surface area contributed by atoms with Gasteiger partial charge in [0.25, 0.3) is 0 Å². The van der Waals surface area contributed by atoms with Gasteiger partial charge in [-0.1, -0.05) is 61.4 Å². The Hall–Kier alpha value is -2.06. The van der Waals surface area contributed by atoms with Crippen molar-refractivity contribution in [1.29, 1.82) is 0 Å². The Balaban J connectivity index is 1.44. The van der Waals surface area contributed by atoms with Crippen LogP contribution in [0, 0.1) is 5.92 Å². The van der Waals surface area contributed by atoms with Crippen molar-refractivity contribution in [3.05, 3.63) is 52.7 Å². The molecule has 30 heavy (non-hydrogen) atoms. The fourth-order valence-corrected chi connectivity index (χ4v) is 4.83. The molecular weight excluding hydrogens is 464 g/mol. The van der Waals surface area contributed by atoms with E-state index < -0.39 is 0 Å². The highest BCUT2D eigenvalue weighted by molar-refractivity contribution is 9.10. The summed E-state index contributed by atoms with van der Waals surface area (Å²) in [6.45, 7) is 1.38. The molecule has 1 fully saturated rings. The standard InChI is InChI=1S/C22H25BrN4O2S/c23-19-12-11-18(29-19)21-25-26-22(27(21)14-17-9-5-2-6-10-17)30-15-20(28)24-13-16-7-3-1-4-8-16/h2,5-6,9-12,16H,1,3-4,7-8,13-15H2,(H,24,28). The van der Waals surface area contributed by atoms with Crippen molar-refractivity contribution in [3.8, 4) is 11.6 Å². The van der Waals surface area contributed by atoms with Crippen LogP contribution in [0.5, 0.6) is 0 Å². The number of thioether (sulfide) groups is 1. The highest BCUT2D eigenvalue weighted by Gasteiger charge is 2.19. The van der Waals surface area contributed by atoms with E-state index in [1.165, 1.54) is 43.9 Å². The van der Waals surface area contributed by atoms with E-state index in [9.17, 15) is 4.79 Å². The molecule has 0 bridgehead atoms. The molecule has 8 heteroatoms. The van der Waals surface area contributed by atoms with Gasteiger partial charge in [-0.05, 0) is 52.4 Å². The predicted octanol–water partition coefficient (Wildman–Crippen LogP) is 5.14. The monoisotopic (exact) mass is 488 g/mol. The van der Waals surface area contributed by atoms with Crippen LogP contribution in [0.2, 0.25) is 0 Å². The van der Waals surface area contributed by atoms with Crippen molar-refractivity contribution in [1.82, 2.24) is 20.1 Å². The molecular formula is C22H25BrN4O2S. The zero-order valence-corrected chi connectivity index (χ0v) is 19.1. The summed E-state index contributed by atoms with van der Waals surface area (Å²) in [7, 11) is 0. The molecule has 0 atom stereocenters. The molecule has 1 aliphatic carbocycles. The molecule has 0 saturated heterocycles. The second-order valence-electron chi connectivity index (χ2n) is 7.58. The summed E-state index contributed by atoms with van der Waals surface area (Å²) in [6, 6.07) is 13.8. The largest absolute Gasteiger partial charge is 0.446 e. The summed E-state index contributed by atoms with van der Waals surface area (Å²) in [5, 5.41) is 12.5. The second kappa shape index (κ2) is 10.3. The number of hydrogen-bond donors (Lipinski definition) is 1. The van der Waals surface area contributed by atoms with Gasteiger partial charge in [0.05, 0.1) is 12.3 Å². The van der Waals surface area contributed by atoms with Crippen LogP contribution in [-0.4, -0.2) is 33.0 Å². The number of furan rings is 1. The zero-order chi connectivity index (χ0) is 20.8. The van der Waals surface area contributed by atoms with Crippen LogP contribution in [0.3, 0.4) is 0 Å². The first-order chi connectivity index (χ1) is 14.7. The summed E-state index contributed by atoms with van der Waals surface area (Å²) in [6.07, 6.45) is 6.33. The van der Waals surface area contributed by atoms with Crippen LogP contribution in [-0.2, 0) is 11.3 Å². The van der Waals surface area contributed by atoms with Crippen LogP contribution in [0.4, 0.5) is 0 Å². The van der Waals surface area contributed by atoms with E-state index in [1.807, 2.05) is 34.9 Å². The van der Waals surface area contributed by atoms with Crippen LogP contribution in [0.25, 0.3) is 11.6 Å². The summed E-state index contributed by atoms with van der Waals surface area (Å²) >= 11 is 4.75. The fourth-order valence-electron chi connectivity index (χ4n) is 3.75. The molecule has 0 spiro atoms. The topological polar surface area (TPSA) is 73.0 Å². The number of nitrogens with one attached hydrogen (secondary N) is 1. The van der Waals surface area contributed by atoms with Crippen molar-refractivity contribution in [2.45, 2.75) is 43.8 Å². The zero-order valence-electron chi connectivity index (χ0n) is 16.7. The van der Waals surface area contributed by atoms with Crippen molar-refractivity contribution in [2.24, 2.45) is 5.92 Å². The van der Waals surface area contributed by atoms with Gasteiger partial charge >= 0.3 is 0 Å². The van der Waals surface area contributed by atoms with Crippen molar-refractivity contribution in [3.63, 3.8) is 0 Å². The number of rotatable bonds is 8. The average Bonchev–Trinajstić information content (AvgIpc) is 3.38. The Labute approximate surface area is 189 Å². The first-order valence-electron chi connectivity index (χ1n) is 10.3. The molecule has 2 heterocycles. The van der Waals surface area contributed by atoms with Gasteiger partial charge in [-0.3, -0.25) is 9.36 Å². The van der Waals surface area contributed by atoms with Crippen molar-refractivity contribution >= 4 is 33.6 Å². The molecule has 3 aromatic rings. The lowest BCUT2D eigenvalue weighted by atomic mass is 9.89. The van der Waals surface area contributed by atoms with Gasteiger partial charge in [0.2, 0.25) is 11.7 Å². The summed E-state index contributed by atoms with van der Waals surface area (Å²) in [5.74, 6) is 2.27. The first kappa shape index (κ1) is 21.2. The number of nitrogens with zero attached hydrogens (tertiary/aromatic N) is 3. The lowest BCUT2D eigenvalue weighted by molar-refractivity contribution is -0.118.